The highest BCUT2D eigenvalue weighted by atomic mass is 35.5. The monoisotopic (exact) mass is 480 g/mol. The van der Waals surface area contributed by atoms with Crippen LogP contribution in [0.3, 0.4) is 0 Å². The molecule has 176 valence electrons. The van der Waals surface area contributed by atoms with E-state index in [4.69, 9.17) is 4.42 Å². The van der Waals surface area contributed by atoms with Crippen LogP contribution in [-0.2, 0) is 24.2 Å². The van der Waals surface area contributed by atoms with E-state index in [-0.39, 0.29) is 30.7 Å². The van der Waals surface area contributed by atoms with Crippen molar-refractivity contribution in [3.63, 3.8) is 0 Å². The van der Waals surface area contributed by atoms with Gasteiger partial charge < -0.3 is 20.0 Å². The quantitative estimate of drug-likeness (QED) is 0.662. The fourth-order valence-electron chi connectivity index (χ4n) is 5.29. The standard InChI is InChI=1S/C24H32N4O2.2ClH/c29-24(8-4-7-20-19-11-18(14-26-20)13-25-15-19)28-10-9-22-21(16-28)27-23(30-22)12-17-5-2-1-3-6-17;;/h1-3,5-6,18-20,25-26H,4,7-16H2;2*1H/t18-,19+,20-;;/m0../s1. The molecule has 1 amide bonds. The highest BCUT2D eigenvalue weighted by molar-refractivity contribution is 5.85. The maximum Gasteiger partial charge on any atom is 0.222 e. The lowest BCUT2D eigenvalue weighted by Gasteiger charge is -2.41. The summed E-state index contributed by atoms with van der Waals surface area (Å²) in [5, 5.41) is 7.29. The van der Waals surface area contributed by atoms with Gasteiger partial charge >= 0.3 is 0 Å². The van der Waals surface area contributed by atoms with Crippen molar-refractivity contribution >= 4 is 30.7 Å². The van der Waals surface area contributed by atoms with E-state index >= 15 is 0 Å². The molecule has 0 spiro atoms. The number of carbonyl (C=O) groups is 1. The summed E-state index contributed by atoms with van der Waals surface area (Å²) >= 11 is 0. The maximum atomic E-state index is 12.8. The third-order valence-electron chi connectivity index (χ3n) is 6.94. The number of fused-ring (bicyclic) bond motifs is 3. The Hall–Kier alpha value is -1.60. The number of carbonyl (C=O) groups excluding carboxylic acids is 1. The molecule has 3 aliphatic rings. The third kappa shape index (κ3) is 5.84. The van der Waals surface area contributed by atoms with Crippen LogP contribution < -0.4 is 10.6 Å². The van der Waals surface area contributed by atoms with Crippen molar-refractivity contribution in [1.29, 1.82) is 0 Å². The zero-order valence-electron chi connectivity index (χ0n) is 18.4. The molecule has 32 heavy (non-hydrogen) atoms. The Morgan fingerprint density at radius 2 is 2.00 bits per heavy atom. The SMILES string of the molecule is Cl.Cl.O=C(CCC[C@@H]1NC[C@@H]2CNC[C@H]1C2)N1CCc2oc(Cc3ccccc3)nc2C1. The van der Waals surface area contributed by atoms with Crippen LogP contribution in [0, 0.1) is 11.8 Å². The van der Waals surface area contributed by atoms with E-state index in [1.165, 1.54) is 12.0 Å². The number of oxazole rings is 1. The smallest absolute Gasteiger partial charge is 0.222 e. The Morgan fingerprint density at radius 1 is 1.16 bits per heavy atom. The lowest BCUT2D eigenvalue weighted by Crippen LogP contribution is -2.54. The number of rotatable bonds is 6. The summed E-state index contributed by atoms with van der Waals surface area (Å²) in [6.07, 6.45) is 5.49. The molecule has 2 N–H and O–H groups in total. The maximum absolute atomic E-state index is 12.8. The minimum absolute atomic E-state index is 0. The Bertz CT molecular complexity index is 876. The number of halogens is 2. The van der Waals surface area contributed by atoms with Gasteiger partial charge in [0.15, 0.2) is 5.89 Å². The van der Waals surface area contributed by atoms with Crippen molar-refractivity contribution in [1.82, 2.24) is 20.5 Å². The van der Waals surface area contributed by atoms with Gasteiger partial charge in [-0.1, -0.05) is 30.3 Å². The van der Waals surface area contributed by atoms with Crippen LogP contribution in [0.5, 0.6) is 0 Å². The van der Waals surface area contributed by atoms with Crippen molar-refractivity contribution in [2.45, 2.75) is 51.1 Å². The molecule has 0 saturated carbocycles. The molecule has 8 heteroatoms. The molecule has 2 saturated heterocycles. The third-order valence-corrected chi connectivity index (χ3v) is 6.94. The van der Waals surface area contributed by atoms with Gasteiger partial charge in [0.2, 0.25) is 5.91 Å². The van der Waals surface area contributed by atoms with Gasteiger partial charge in [-0.25, -0.2) is 4.98 Å². The van der Waals surface area contributed by atoms with E-state index in [1.807, 2.05) is 23.1 Å². The lowest BCUT2D eigenvalue weighted by atomic mass is 9.80. The molecule has 2 fully saturated rings. The molecule has 6 nitrogen and oxygen atoms in total. The summed E-state index contributed by atoms with van der Waals surface area (Å²) in [4.78, 5) is 19.4. The van der Waals surface area contributed by atoms with E-state index in [1.54, 1.807) is 0 Å². The van der Waals surface area contributed by atoms with Gasteiger partial charge in [-0.3, -0.25) is 4.79 Å². The number of nitrogens with zero attached hydrogens (tertiary/aromatic N) is 2. The Kier molecular flexibility index (Phi) is 9.00. The van der Waals surface area contributed by atoms with Gasteiger partial charge in [0, 0.05) is 31.8 Å². The summed E-state index contributed by atoms with van der Waals surface area (Å²) < 4.78 is 5.97. The Balaban J connectivity index is 0.00000144. The van der Waals surface area contributed by atoms with Crippen LogP contribution in [0.25, 0.3) is 0 Å². The number of nitrogens with one attached hydrogen (secondary N) is 2. The average Bonchev–Trinajstić information content (AvgIpc) is 3.17. The van der Waals surface area contributed by atoms with Crippen LogP contribution >= 0.6 is 24.8 Å². The van der Waals surface area contributed by atoms with Crippen LogP contribution in [0.2, 0.25) is 0 Å². The first kappa shape index (κ1) is 25.0. The van der Waals surface area contributed by atoms with Crippen molar-refractivity contribution in [3.05, 3.63) is 53.2 Å². The fourth-order valence-corrected chi connectivity index (χ4v) is 5.29. The summed E-state index contributed by atoms with van der Waals surface area (Å²) in [5.41, 5.74) is 2.13. The van der Waals surface area contributed by atoms with E-state index in [2.05, 4.69) is 27.8 Å². The van der Waals surface area contributed by atoms with Crippen molar-refractivity contribution in [2.75, 3.05) is 26.2 Å². The van der Waals surface area contributed by atoms with Gasteiger partial charge in [0.05, 0.1) is 6.54 Å². The number of piperidine rings is 2. The normalized spacial score (nSPS) is 24.1. The molecule has 2 aromatic rings. The predicted molar refractivity (Wildman–Crippen MR) is 129 cm³/mol. The molecular formula is C24H34Cl2N4O2. The first-order valence-corrected chi connectivity index (χ1v) is 11.5. The fraction of sp³-hybridized carbons (Fsp3) is 0.583. The highest BCUT2D eigenvalue weighted by Gasteiger charge is 2.33. The largest absolute Gasteiger partial charge is 0.445 e. The van der Waals surface area contributed by atoms with Crippen molar-refractivity contribution in [3.8, 4) is 0 Å². The number of amides is 1. The molecular weight excluding hydrogens is 447 g/mol. The molecule has 1 aromatic carbocycles. The second-order valence-corrected chi connectivity index (χ2v) is 9.13. The van der Waals surface area contributed by atoms with Crippen molar-refractivity contribution < 1.29 is 9.21 Å². The predicted octanol–water partition coefficient (Wildman–Crippen LogP) is 3.36. The van der Waals surface area contributed by atoms with Crippen LogP contribution in [-0.4, -0.2) is 48.0 Å². The Morgan fingerprint density at radius 3 is 2.84 bits per heavy atom. The molecule has 0 radical (unpaired) electrons. The molecule has 5 rings (SSSR count). The molecule has 4 heterocycles. The highest BCUT2D eigenvalue weighted by Crippen LogP contribution is 2.27. The van der Waals surface area contributed by atoms with Crippen LogP contribution in [0.15, 0.2) is 34.7 Å². The topological polar surface area (TPSA) is 70.4 Å². The summed E-state index contributed by atoms with van der Waals surface area (Å²) in [6, 6.07) is 10.8. The van der Waals surface area contributed by atoms with Gasteiger partial charge in [0.1, 0.15) is 11.5 Å². The average molecular weight is 481 g/mol. The summed E-state index contributed by atoms with van der Waals surface area (Å²) in [6.45, 7) is 4.72. The van der Waals surface area contributed by atoms with E-state index in [9.17, 15) is 4.79 Å². The van der Waals surface area contributed by atoms with Gasteiger partial charge in [-0.05, 0) is 56.3 Å². The van der Waals surface area contributed by atoms with Crippen LogP contribution in [0.4, 0.5) is 0 Å². The summed E-state index contributed by atoms with van der Waals surface area (Å²) in [7, 11) is 0. The van der Waals surface area contributed by atoms with Gasteiger partial charge in [-0.2, -0.15) is 0 Å². The van der Waals surface area contributed by atoms with E-state index in [0.717, 1.165) is 74.6 Å². The van der Waals surface area contributed by atoms with E-state index < -0.39 is 0 Å². The second kappa shape index (κ2) is 11.5. The second-order valence-electron chi connectivity index (χ2n) is 9.13. The zero-order valence-corrected chi connectivity index (χ0v) is 20.1. The molecule has 0 unspecified atom stereocenters. The van der Waals surface area contributed by atoms with Gasteiger partial charge in [0.25, 0.3) is 0 Å². The minimum Gasteiger partial charge on any atom is -0.445 e. The zero-order chi connectivity index (χ0) is 20.3. The number of hydrogen-bond acceptors (Lipinski definition) is 5. The first-order valence-electron chi connectivity index (χ1n) is 11.5. The summed E-state index contributed by atoms with van der Waals surface area (Å²) in [5.74, 6) is 3.48. The van der Waals surface area contributed by atoms with Crippen LogP contribution in [0.1, 0.15) is 48.6 Å². The molecule has 3 aliphatic heterocycles. The lowest BCUT2D eigenvalue weighted by molar-refractivity contribution is -0.132. The van der Waals surface area contributed by atoms with Gasteiger partial charge in [-0.15, -0.1) is 24.8 Å². The number of benzene rings is 1. The number of hydrogen-bond donors (Lipinski definition) is 2. The molecule has 1 aromatic heterocycles. The van der Waals surface area contributed by atoms with E-state index in [0.29, 0.717) is 25.4 Å². The molecule has 0 aliphatic carbocycles. The van der Waals surface area contributed by atoms with Crippen molar-refractivity contribution in [2.24, 2.45) is 11.8 Å². The molecule has 3 atom stereocenters. The first-order chi connectivity index (χ1) is 14.7. The molecule has 2 bridgehead atoms. The Labute approximate surface area is 202 Å². The number of aromatic nitrogens is 1. The minimum atomic E-state index is 0.